The molecule has 1 saturated heterocycles. The number of likely N-dealkylation sites (tertiary alicyclic amines) is 1. The number of imidazole rings is 1. The fourth-order valence-corrected chi connectivity index (χ4v) is 4.23. The highest BCUT2D eigenvalue weighted by molar-refractivity contribution is 5.82. The van der Waals surface area contributed by atoms with Gasteiger partial charge in [-0.05, 0) is 66.8 Å². The minimum absolute atomic E-state index is 0.389. The molecule has 224 valence electrons. The highest BCUT2D eigenvalue weighted by Gasteiger charge is 2.38. The Morgan fingerprint density at radius 2 is 1.48 bits per heavy atom. The minimum Gasteiger partial charge on any atom is -0.475 e. The average Bonchev–Trinajstić information content (AvgIpc) is 3.59. The molecule has 0 radical (unpaired) electrons. The van der Waals surface area contributed by atoms with E-state index in [1.165, 1.54) is 29.5 Å². The van der Waals surface area contributed by atoms with Crippen molar-refractivity contribution in [3.63, 3.8) is 0 Å². The van der Waals surface area contributed by atoms with E-state index in [9.17, 15) is 26.3 Å². The number of aliphatic carboxylic acids is 2. The van der Waals surface area contributed by atoms with E-state index in [4.69, 9.17) is 24.8 Å². The molecular formula is C28H26F6N4O4. The summed E-state index contributed by atoms with van der Waals surface area (Å²) < 4.78 is 63.5. The first-order valence-electron chi connectivity index (χ1n) is 12.5. The lowest BCUT2D eigenvalue weighted by atomic mass is 10.1. The van der Waals surface area contributed by atoms with Crippen molar-refractivity contribution in [2.75, 3.05) is 13.1 Å². The molecule has 0 aliphatic carbocycles. The van der Waals surface area contributed by atoms with Crippen LogP contribution in [-0.4, -0.2) is 67.4 Å². The monoisotopic (exact) mass is 596 g/mol. The fraction of sp³-hybridized carbons (Fsp3) is 0.286. The van der Waals surface area contributed by atoms with Crippen LogP contribution in [0.1, 0.15) is 30.3 Å². The van der Waals surface area contributed by atoms with Gasteiger partial charge in [0.15, 0.2) is 0 Å². The smallest absolute Gasteiger partial charge is 0.475 e. The Morgan fingerprint density at radius 1 is 0.881 bits per heavy atom. The Hall–Kier alpha value is -4.46. The van der Waals surface area contributed by atoms with Gasteiger partial charge in [-0.25, -0.2) is 14.6 Å². The van der Waals surface area contributed by atoms with Crippen LogP contribution < -0.4 is 0 Å². The second kappa shape index (κ2) is 13.9. The van der Waals surface area contributed by atoms with Gasteiger partial charge in [0.25, 0.3) is 0 Å². The van der Waals surface area contributed by atoms with Crippen molar-refractivity contribution < 1.29 is 46.1 Å². The van der Waals surface area contributed by atoms with Crippen LogP contribution in [0.5, 0.6) is 0 Å². The zero-order chi connectivity index (χ0) is 30.9. The Balaban J connectivity index is 0.000000289. The fourth-order valence-electron chi connectivity index (χ4n) is 4.23. The minimum atomic E-state index is -5.08. The lowest BCUT2D eigenvalue weighted by molar-refractivity contribution is -0.193. The molecule has 1 aliphatic rings. The number of carboxylic acid groups (broad SMARTS) is 2. The Labute approximate surface area is 235 Å². The third-order valence-corrected chi connectivity index (χ3v) is 6.21. The molecule has 1 atom stereocenters. The van der Waals surface area contributed by atoms with E-state index in [-0.39, 0.29) is 0 Å². The maximum atomic E-state index is 10.6. The number of hydrogen-bond acceptors (Lipinski definition) is 5. The summed E-state index contributed by atoms with van der Waals surface area (Å²) in [7, 11) is 0. The van der Waals surface area contributed by atoms with Crippen LogP contribution in [0.2, 0.25) is 0 Å². The number of aromatic nitrogens is 3. The molecule has 14 heteroatoms. The van der Waals surface area contributed by atoms with Crippen molar-refractivity contribution >= 4 is 23.0 Å². The predicted molar refractivity (Wildman–Crippen MR) is 140 cm³/mol. The largest absolute Gasteiger partial charge is 0.490 e. The summed E-state index contributed by atoms with van der Waals surface area (Å²) in [5, 5.41) is 14.2. The van der Waals surface area contributed by atoms with Crippen molar-refractivity contribution in [1.29, 1.82) is 0 Å². The molecule has 3 heterocycles. The van der Waals surface area contributed by atoms with Gasteiger partial charge >= 0.3 is 24.3 Å². The van der Waals surface area contributed by atoms with Gasteiger partial charge in [-0.1, -0.05) is 36.4 Å². The van der Waals surface area contributed by atoms with Gasteiger partial charge in [0.1, 0.15) is 5.82 Å². The lowest BCUT2D eigenvalue weighted by Gasteiger charge is -2.22. The van der Waals surface area contributed by atoms with E-state index in [1.807, 2.05) is 24.5 Å². The van der Waals surface area contributed by atoms with E-state index in [0.717, 1.165) is 36.4 Å². The van der Waals surface area contributed by atoms with Gasteiger partial charge < -0.3 is 15.2 Å². The zero-order valence-corrected chi connectivity index (χ0v) is 21.9. The number of nitrogens with zero attached hydrogens (tertiary/aromatic N) is 3. The molecule has 42 heavy (non-hydrogen) atoms. The SMILES string of the molecule is O=C(O)C(F)(F)F.O=C(O)C(F)(F)F.c1ccc(CCN2CCC[C@H]2c2nc3ccc(-c4ccncc4)cc3[nH]2)cc1. The number of fused-ring (bicyclic) bond motifs is 1. The molecule has 2 aromatic heterocycles. The van der Waals surface area contributed by atoms with Crippen molar-refractivity contribution in [2.45, 2.75) is 37.7 Å². The molecule has 1 aliphatic heterocycles. The first-order chi connectivity index (χ1) is 19.8. The molecule has 4 aromatic rings. The number of rotatable bonds is 5. The van der Waals surface area contributed by atoms with Crippen LogP contribution in [0.15, 0.2) is 73.1 Å². The van der Waals surface area contributed by atoms with Gasteiger partial charge in [-0.3, -0.25) is 9.88 Å². The quantitative estimate of drug-likeness (QED) is 0.232. The standard InChI is InChI=1S/C24H24N4.2C2HF3O2/c1-2-5-18(6-3-1)12-16-28-15-4-7-23(28)24-26-21-9-8-20(17-22(21)27-24)19-10-13-25-14-11-19;2*3-2(4,5)1(6)7/h1-3,5-6,8-11,13-14,17,23H,4,7,12,15-16H2,(H,26,27);2*(H,6,7)/t23-;;/m0../s1. The summed E-state index contributed by atoms with van der Waals surface area (Å²) >= 11 is 0. The highest BCUT2D eigenvalue weighted by atomic mass is 19.4. The first kappa shape index (κ1) is 32.1. The molecule has 0 amide bonds. The number of pyridine rings is 1. The second-order valence-corrected chi connectivity index (χ2v) is 9.13. The lowest BCUT2D eigenvalue weighted by Crippen LogP contribution is -2.26. The van der Waals surface area contributed by atoms with Gasteiger partial charge in [-0.2, -0.15) is 26.3 Å². The van der Waals surface area contributed by atoms with Crippen molar-refractivity contribution in [3.05, 3.63) is 84.4 Å². The Bertz CT molecular complexity index is 1440. The second-order valence-electron chi connectivity index (χ2n) is 9.13. The molecule has 0 bridgehead atoms. The summed E-state index contributed by atoms with van der Waals surface area (Å²) in [6, 6.07) is 21.7. The normalized spacial score (nSPS) is 15.3. The summed E-state index contributed by atoms with van der Waals surface area (Å²) in [6.45, 7) is 2.23. The van der Waals surface area contributed by atoms with Gasteiger partial charge in [0, 0.05) is 18.9 Å². The third-order valence-electron chi connectivity index (χ3n) is 6.21. The van der Waals surface area contributed by atoms with Crippen LogP contribution in [0, 0.1) is 0 Å². The van der Waals surface area contributed by atoms with E-state index in [0.29, 0.717) is 6.04 Å². The molecule has 0 spiro atoms. The van der Waals surface area contributed by atoms with E-state index < -0.39 is 24.3 Å². The average molecular weight is 597 g/mol. The number of nitrogens with one attached hydrogen (secondary N) is 1. The first-order valence-corrected chi connectivity index (χ1v) is 12.5. The number of hydrogen-bond donors (Lipinski definition) is 3. The maximum absolute atomic E-state index is 10.6. The molecule has 5 rings (SSSR count). The van der Waals surface area contributed by atoms with Crippen molar-refractivity contribution in [2.24, 2.45) is 0 Å². The third kappa shape index (κ3) is 9.29. The molecule has 3 N–H and O–H groups in total. The molecule has 1 fully saturated rings. The topological polar surface area (TPSA) is 119 Å². The molecular weight excluding hydrogens is 570 g/mol. The summed E-state index contributed by atoms with van der Waals surface area (Å²) in [6.07, 6.45) is -3.00. The number of alkyl halides is 6. The number of halogens is 6. The number of aromatic amines is 1. The number of H-pyrrole nitrogens is 1. The van der Waals surface area contributed by atoms with Gasteiger partial charge in [-0.15, -0.1) is 0 Å². The van der Waals surface area contributed by atoms with Crippen molar-refractivity contribution in [1.82, 2.24) is 19.9 Å². The van der Waals surface area contributed by atoms with Crippen LogP contribution >= 0.6 is 0 Å². The molecule has 0 unspecified atom stereocenters. The van der Waals surface area contributed by atoms with E-state index >= 15 is 0 Å². The van der Waals surface area contributed by atoms with Gasteiger partial charge in [0.05, 0.1) is 17.1 Å². The van der Waals surface area contributed by atoms with E-state index in [1.54, 1.807) is 0 Å². The number of carboxylic acids is 2. The zero-order valence-electron chi connectivity index (χ0n) is 21.9. The molecule has 2 aromatic carbocycles. The van der Waals surface area contributed by atoms with E-state index in [2.05, 4.69) is 63.4 Å². The Kier molecular flexibility index (Phi) is 10.6. The van der Waals surface area contributed by atoms with Crippen molar-refractivity contribution in [3.8, 4) is 11.1 Å². The maximum Gasteiger partial charge on any atom is 0.490 e. The Morgan fingerprint density at radius 3 is 2.05 bits per heavy atom. The van der Waals surface area contributed by atoms with Crippen LogP contribution in [0.25, 0.3) is 22.2 Å². The number of carbonyl (C=O) groups is 2. The van der Waals surface area contributed by atoms with Crippen LogP contribution in [-0.2, 0) is 16.0 Å². The molecule has 0 saturated carbocycles. The van der Waals surface area contributed by atoms with Gasteiger partial charge in [0.2, 0.25) is 0 Å². The predicted octanol–water partition coefficient (Wildman–Crippen LogP) is 6.27. The van der Waals surface area contributed by atoms with Crippen LogP contribution in [0.4, 0.5) is 26.3 Å². The summed E-state index contributed by atoms with van der Waals surface area (Å²) in [5.41, 5.74) is 5.93. The van der Waals surface area contributed by atoms with Crippen LogP contribution in [0.3, 0.4) is 0 Å². The number of benzene rings is 2. The summed E-state index contributed by atoms with van der Waals surface area (Å²) in [5.74, 6) is -4.41. The summed E-state index contributed by atoms with van der Waals surface area (Å²) in [4.78, 5) is 33.0. The highest BCUT2D eigenvalue weighted by Crippen LogP contribution is 2.32. The molecule has 8 nitrogen and oxygen atoms in total.